The molecule has 0 radical (unpaired) electrons. The van der Waals surface area contributed by atoms with Crippen LogP contribution in [-0.2, 0) is 0 Å². The molecule has 1 aromatic heterocycles. The number of aliphatic imine (C=N–C) groups is 1. The highest BCUT2D eigenvalue weighted by Crippen LogP contribution is 2.29. The lowest BCUT2D eigenvalue weighted by atomic mass is 10.2. The Morgan fingerprint density at radius 3 is 2.82 bits per heavy atom. The van der Waals surface area contributed by atoms with Crippen LogP contribution in [0.4, 0.5) is 0 Å². The molecule has 122 valence electrons. The van der Waals surface area contributed by atoms with Crippen LogP contribution in [0.15, 0.2) is 22.5 Å². The molecule has 1 atom stereocenters. The number of hydrogen-bond acceptors (Lipinski definition) is 3. The molecule has 1 aromatic rings. The van der Waals surface area contributed by atoms with Gasteiger partial charge in [0.05, 0.1) is 12.6 Å². The highest BCUT2D eigenvalue weighted by atomic mass is 32.1. The molecule has 5 heteroatoms. The molecule has 2 heterocycles. The summed E-state index contributed by atoms with van der Waals surface area (Å²) >= 11 is 1.86. The summed E-state index contributed by atoms with van der Waals surface area (Å²) in [5, 5.41) is 9.06. The van der Waals surface area contributed by atoms with E-state index in [0.717, 1.165) is 31.5 Å². The van der Waals surface area contributed by atoms with E-state index in [-0.39, 0.29) is 0 Å². The van der Waals surface area contributed by atoms with Gasteiger partial charge in [-0.25, -0.2) is 0 Å². The number of guanidine groups is 1. The minimum Gasteiger partial charge on any atom is -0.357 e. The average molecular weight is 321 g/mol. The van der Waals surface area contributed by atoms with Gasteiger partial charge in [-0.15, -0.1) is 11.3 Å². The van der Waals surface area contributed by atoms with Gasteiger partial charge < -0.3 is 10.6 Å². The van der Waals surface area contributed by atoms with Gasteiger partial charge in [-0.1, -0.05) is 6.07 Å². The van der Waals surface area contributed by atoms with Crippen LogP contribution in [-0.4, -0.2) is 43.6 Å². The third kappa shape index (κ3) is 4.46. The van der Waals surface area contributed by atoms with Crippen molar-refractivity contribution in [3.8, 4) is 0 Å². The SMILES string of the molecule is CCNC(=NCC(c1cccs1)N1CCCC1)NCC1CC1. The van der Waals surface area contributed by atoms with E-state index in [1.54, 1.807) is 0 Å². The van der Waals surface area contributed by atoms with Crippen molar-refractivity contribution in [1.82, 2.24) is 15.5 Å². The Balaban J connectivity index is 1.63. The second kappa shape index (κ2) is 7.97. The molecular formula is C17H28N4S. The molecule has 22 heavy (non-hydrogen) atoms. The van der Waals surface area contributed by atoms with Crippen LogP contribution >= 0.6 is 11.3 Å². The van der Waals surface area contributed by atoms with E-state index in [1.807, 2.05) is 11.3 Å². The van der Waals surface area contributed by atoms with Crippen molar-refractivity contribution in [3.05, 3.63) is 22.4 Å². The zero-order chi connectivity index (χ0) is 15.2. The molecular weight excluding hydrogens is 292 g/mol. The standard InChI is InChI=1S/C17H28N4S/c1-2-18-17(19-12-14-7-8-14)20-13-15(16-6-5-11-22-16)21-9-3-4-10-21/h5-6,11,14-15H,2-4,7-10,12-13H2,1H3,(H2,18,19,20). The molecule has 2 N–H and O–H groups in total. The van der Waals surface area contributed by atoms with Gasteiger partial charge in [0.1, 0.15) is 0 Å². The first kappa shape index (κ1) is 15.8. The molecule has 2 fully saturated rings. The van der Waals surface area contributed by atoms with Crippen molar-refractivity contribution >= 4 is 17.3 Å². The van der Waals surface area contributed by atoms with Crippen LogP contribution in [0.5, 0.6) is 0 Å². The summed E-state index contributed by atoms with van der Waals surface area (Å²) in [6, 6.07) is 4.86. The maximum absolute atomic E-state index is 4.87. The van der Waals surface area contributed by atoms with Crippen LogP contribution in [0.1, 0.15) is 43.5 Å². The third-order valence-corrected chi connectivity index (χ3v) is 5.45. The average Bonchev–Trinajstić information content (AvgIpc) is 3.00. The number of rotatable bonds is 7. The smallest absolute Gasteiger partial charge is 0.191 e. The summed E-state index contributed by atoms with van der Waals surface area (Å²) in [4.78, 5) is 8.92. The Kier molecular flexibility index (Phi) is 5.73. The lowest BCUT2D eigenvalue weighted by Gasteiger charge is -2.25. The first-order valence-corrected chi connectivity index (χ1v) is 9.54. The molecule has 3 rings (SSSR count). The molecule has 0 bridgehead atoms. The van der Waals surface area contributed by atoms with Crippen LogP contribution in [0.25, 0.3) is 0 Å². The number of nitrogens with zero attached hydrogens (tertiary/aromatic N) is 2. The van der Waals surface area contributed by atoms with E-state index in [0.29, 0.717) is 6.04 Å². The molecule has 0 spiro atoms. The molecule has 1 saturated carbocycles. The Hall–Kier alpha value is -1.07. The van der Waals surface area contributed by atoms with Gasteiger partial charge >= 0.3 is 0 Å². The zero-order valence-corrected chi connectivity index (χ0v) is 14.4. The monoisotopic (exact) mass is 320 g/mol. The maximum Gasteiger partial charge on any atom is 0.191 e. The first-order chi connectivity index (χ1) is 10.9. The van der Waals surface area contributed by atoms with Gasteiger partial charge in [-0.2, -0.15) is 0 Å². The Labute approximate surface area is 138 Å². The van der Waals surface area contributed by atoms with Crippen LogP contribution in [0.3, 0.4) is 0 Å². The van der Waals surface area contributed by atoms with Gasteiger partial charge in [0.2, 0.25) is 0 Å². The summed E-state index contributed by atoms with van der Waals surface area (Å²) < 4.78 is 0. The lowest BCUT2D eigenvalue weighted by molar-refractivity contribution is 0.255. The highest BCUT2D eigenvalue weighted by molar-refractivity contribution is 7.10. The number of hydrogen-bond donors (Lipinski definition) is 2. The predicted octanol–water partition coefficient (Wildman–Crippen LogP) is 2.85. The summed E-state index contributed by atoms with van der Waals surface area (Å²) in [6.07, 6.45) is 5.40. The van der Waals surface area contributed by atoms with Gasteiger partial charge in [-0.05, 0) is 63.1 Å². The van der Waals surface area contributed by atoms with E-state index in [9.17, 15) is 0 Å². The van der Waals surface area contributed by atoms with E-state index >= 15 is 0 Å². The number of nitrogens with one attached hydrogen (secondary N) is 2. The van der Waals surface area contributed by atoms with Crippen molar-refractivity contribution in [1.29, 1.82) is 0 Å². The van der Waals surface area contributed by atoms with E-state index in [1.165, 1.54) is 43.6 Å². The van der Waals surface area contributed by atoms with Gasteiger partial charge in [0.15, 0.2) is 5.96 Å². The Bertz CT molecular complexity index is 461. The van der Waals surface area contributed by atoms with Crippen molar-refractivity contribution in [3.63, 3.8) is 0 Å². The third-order valence-electron chi connectivity index (χ3n) is 4.47. The second-order valence-corrected chi connectivity index (χ2v) is 7.30. The molecule has 0 aromatic carbocycles. The Morgan fingerprint density at radius 1 is 1.36 bits per heavy atom. The summed E-state index contributed by atoms with van der Waals surface area (Å²) in [5.41, 5.74) is 0. The molecule has 1 saturated heterocycles. The van der Waals surface area contributed by atoms with Crippen molar-refractivity contribution in [2.45, 2.75) is 38.6 Å². The van der Waals surface area contributed by atoms with Crippen molar-refractivity contribution in [2.75, 3.05) is 32.7 Å². The molecule has 4 nitrogen and oxygen atoms in total. The summed E-state index contributed by atoms with van der Waals surface area (Å²) in [7, 11) is 0. The topological polar surface area (TPSA) is 39.7 Å². The van der Waals surface area contributed by atoms with E-state index < -0.39 is 0 Å². The van der Waals surface area contributed by atoms with E-state index in [4.69, 9.17) is 4.99 Å². The largest absolute Gasteiger partial charge is 0.357 e. The zero-order valence-electron chi connectivity index (χ0n) is 13.6. The minimum absolute atomic E-state index is 0.443. The van der Waals surface area contributed by atoms with Gasteiger partial charge in [0.25, 0.3) is 0 Å². The Morgan fingerprint density at radius 2 is 2.18 bits per heavy atom. The fourth-order valence-electron chi connectivity index (χ4n) is 3.00. The summed E-state index contributed by atoms with van der Waals surface area (Å²) in [5.74, 6) is 1.85. The quantitative estimate of drug-likeness (QED) is 0.599. The number of thiophene rings is 1. The molecule has 2 aliphatic rings. The molecule has 1 aliphatic carbocycles. The normalized spacial score (nSPS) is 21.0. The predicted molar refractivity (Wildman–Crippen MR) is 94.6 cm³/mol. The maximum atomic E-state index is 4.87. The van der Waals surface area contributed by atoms with Crippen molar-refractivity contribution < 1.29 is 0 Å². The van der Waals surface area contributed by atoms with Crippen LogP contribution in [0.2, 0.25) is 0 Å². The molecule has 1 aliphatic heterocycles. The highest BCUT2D eigenvalue weighted by Gasteiger charge is 2.24. The second-order valence-electron chi connectivity index (χ2n) is 6.32. The number of likely N-dealkylation sites (tertiary alicyclic amines) is 1. The molecule has 0 amide bonds. The van der Waals surface area contributed by atoms with E-state index in [2.05, 4.69) is 40.0 Å². The fraction of sp³-hybridized carbons (Fsp3) is 0.706. The fourth-order valence-corrected chi connectivity index (χ4v) is 3.85. The first-order valence-electron chi connectivity index (χ1n) is 8.66. The van der Waals surface area contributed by atoms with Gasteiger partial charge in [-0.3, -0.25) is 9.89 Å². The summed E-state index contributed by atoms with van der Waals surface area (Å²) in [6.45, 7) is 7.39. The molecule has 1 unspecified atom stereocenters. The van der Waals surface area contributed by atoms with Crippen LogP contribution < -0.4 is 10.6 Å². The lowest BCUT2D eigenvalue weighted by Crippen LogP contribution is -2.39. The van der Waals surface area contributed by atoms with Crippen LogP contribution in [0, 0.1) is 5.92 Å². The van der Waals surface area contributed by atoms with Gasteiger partial charge in [0, 0.05) is 18.0 Å². The minimum atomic E-state index is 0.443. The van der Waals surface area contributed by atoms with Crippen molar-refractivity contribution in [2.24, 2.45) is 10.9 Å².